The summed E-state index contributed by atoms with van der Waals surface area (Å²) in [6, 6.07) is 7.79. The molecule has 0 saturated carbocycles. The Balaban J connectivity index is 1.93. The third-order valence-corrected chi connectivity index (χ3v) is 6.50. The highest BCUT2D eigenvalue weighted by molar-refractivity contribution is 9.10. The predicted octanol–water partition coefficient (Wildman–Crippen LogP) is 5.45. The number of nitrogens with one attached hydrogen (secondary N) is 1. The highest BCUT2D eigenvalue weighted by Crippen LogP contribution is 2.37. The fraction of sp³-hybridized carbons (Fsp3) is 0.481. The Morgan fingerprint density at radius 3 is 2.47 bits per heavy atom. The molecule has 1 aliphatic carbocycles. The highest BCUT2D eigenvalue weighted by Gasteiger charge is 2.35. The molecule has 2 N–H and O–H groups in total. The first-order valence-electron chi connectivity index (χ1n) is 12.0. The summed E-state index contributed by atoms with van der Waals surface area (Å²) in [6.45, 7) is 6.46. The zero-order chi connectivity index (χ0) is 26.6. The van der Waals surface area contributed by atoms with Crippen molar-refractivity contribution in [2.75, 3.05) is 6.54 Å². The molecule has 0 spiro atoms. The third-order valence-electron chi connectivity index (χ3n) is 6.01. The first kappa shape index (κ1) is 28.1. The summed E-state index contributed by atoms with van der Waals surface area (Å²) in [5, 5.41) is 13.9. The topological polar surface area (TPSA) is 78.9 Å². The van der Waals surface area contributed by atoms with Crippen LogP contribution in [-0.2, 0) is 22.4 Å². The molecule has 2 aromatic rings. The maximum atomic E-state index is 13.8. The quantitative estimate of drug-likeness (QED) is 0.467. The van der Waals surface area contributed by atoms with E-state index in [1.54, 1.807) is 20.8 Å². The fourth-order valence-corrected chi connectivity index (χ4v) is 4.95. The molecule has 196 valence electrons. The van der Waals surface area contributed by atoms with Crippen molar-refractivity contribution in [3.8, 4) is 0 Å². The standard InChI is InChI=1S/C27H33BrF2N2O4/c1-16(33)31-23(12-17-10-20(29)14-21(30)11-17)25(34)15-32(26(35)36-27(2,3)4)24-7-5-6-18-8-9-19(28)13-22(18)24/h8-11,13-14,23-25,34H,5-7,12,15H2,1-4H3,(H,31,33)/t23-,24-,25+/m0/s1. The molecule has 0 radical (unpaired) electrons. The molecule has 0 saturated heterocycles. The fourth-order valence-electron chi connectivity index (χ4n) is 4.57. The minimum atomic E-state index is -1.23. The SMILES string of the molecule is CC(=O)N[C@@H](Cc1cc(F)cc(F)c1)[C@H](O)CN(C(=O)OC(C)(C)C)[C@H]1CCCc2ccc(Br)cc21. The summed E-state index contributed by atoms with van der Waals surface area (Å²) < 4.78 is 34.1. The smallest absolute Gasteiger partial charge is 0.410 e. The largest absolute Gasteiger partial charge is 0.444 e. The van der Waals surface area contributed by atoms with Gasteiger partial charge in [0.15, 0.2) is 0 Å². The Bertz CT molecular complexity index is 1090. The van der Waals surface area contributed by atoms with Gasteiger partial charge in [-0.3, -0.25) is 9.69 Å². The van der Waals surface area contributed by atoms with Crippen LogP contribution in [0.3, 0.4) is 0 Å². The number of aliphatic hydroxyl groups is 1. The van der Waals surface area contributed by atoms with Gasteiger partial charge in [-0.1, -0.05) is 22.0 Å². The maximum Gasteiger partial charge on any atom is 0.410 e. The van der Waals surface area contributed by atoms with Crippen LogP contribution in [0.15, 0.2) is 40.9 Å². The van der Waals surface area contributed by atoms with Gasteiger partial charge in [-0.05, 0) is 87.4 Å². The number of fused-ring (bicyclic) bond motifs is 1. The first-order valence-corrected chi connectivity index (χ1v) is 12.8. The van der Waals surface area contributed by atoms with E-state index in [0.717, 1.165) is 46.6 Å². The summed E-state index contributed by atoms with van der Waals surface area (Å²) in [6.07, 6.45) is 0.568. The van der Waals surface area contributed by atoms with E-state index in [9.17, 15) is 23.5 Å². The number of halogens is 3. The van der Waals surface area contributed by atoms with Crippen LogP contribution in [0.25, 0.3) is 0 Å². The van der Waals surface area contributed by atoms with E-state index in [1.165, 1.54) is 11.8 Å². The maximum absolute atomic E-state index is 13.8. The molecule has 2 aromatic carbocycles. The second-order valence-corrected chi connectivity index (χ2v) is 11.2. The molecule has 0 bridgehead atoms. The average molecular weight is 567 g/mol. The van der Waals surface area contributed by atoms with E-state index in [-0.39, 0.29) is 24.6 Å². The number of nitrogens with zero attached hydrogens (tertiary/aromatic N) is 1. The van der Waals surface area contributed by atoms with Gasteiger partial charge in [0.05, 0.1) is 24.7 Å². The van der Waals surface area contributed by atoms with Crippen molar-refractivity contribution in [1.82, 2.24) is 10.2 Å². The number of carbonyl (C=O) groups excluding carboxylic acids is 2. The van der Waals surface area contributed by atoms with Gasteiger partial charge in [-0.25, -0.2) is 13.6 Å². The van der Waals surface area contributed by atoms with Gasteiger partial charge in [0.25, 0.3) is 0 Å². The van der Waals surface area contributed by atoms with Crippen molar-refractivity contribution in [2.45, 2.75) is 77.2 Å². The predicted molar refractivity (Wildman–Crippen MR) is 136 cm³/mol. The van der Waals surface area contributed by atoms with Gasteiger partial charge in [0.1, 0.15) is 17.2 Å². The lowest BCUT2D eigenvalue weighted by atomic mass is 9.86. The number of carbonyl (C=O) groups is 2. The van der Waals surface area contributed by atoms with Crippen molar-refractivity contribution < 1.29 is 28.2 Å². The molecule has 2 amide bonds. The average Bonchev–Trinajstić information content (AvgIpc) is 2.74. The van der Waals surface area contributed by atoms with Gasteiger partial charge in [-0.2, -0.15) is 0 Å². The van der Waals surface area contributed by atoms with Crippen molar-refractivity contribution in [3.63, 3.8) is 0 Å². The summed E-state index contributed by atoms with van der Waals surface area (Å²) >= 11 is 3.51. The minimum absolute atomic E-state index is 0.0234. The number of benzene rings is 2. The third kappa shape index (κ3) is 7.74. The van der Waals surface area contributed by atoms with Gasteiger partial charge < -0.3 is 15.2 Å². The number of rotatable bonds is 7. The van der Waals surface area contributed by atoms with Crippen molar-refractivity contribution in [1.29, 1.82) is 0 Å². The van der Waals surface area contributed by atoms with Crippen LogP contribution in [0.4, 0.5) is 13.6 Å². The van der Waals surface area contributed by atoms with E-state index < -0.39 is 41.4 Å². The Morgan fingerprint density at radius 1 is 1.19 bits per heavy atom. The lowest BCUT2D eigenvalue weighted by molar-refractivity contribution is -0.120. The molecule has 1 aliphatic rings. The summed E-state index contributed by atoms with van der Waals surface area (Å²) in [5.41, 5.74) is 1.61. The molecule has 0 heterocycles. The molecular formula is C27H33BrF2N2O4. The molecule has 3 rings (SSSR count). The van der Waals surface area contributed by atoms with Crippen LogP contribution < -0.4 is 5.32 Å². The Morgan fingerprint density at radius 2 is 1.86 bits per heavy atom. The van der Waals surface area contributed by atoms with Crippen LogP contribution in [0.2, 0.25) is 0 Å². The summed E-state index contributed by atoms with van der Waals surface area (Å²) in [4.78, 5) is 26.8. The molecule has 0 aliphatic heterocycles. The van der Waals surface area contributed by atoms with Crippen LogP contribution >= 0.6 is 15.9 Å². The van der Waals surface area contributed by atoms with E-state index in [0.29, 0.717) is 6.42 Å². The van der Waals surface area contributed by atoms with Gasteiger partial charge in [0, 0.05) is 17.5 Å². The number of amides is 2. The second-order valence-electron chi connectivity index (χ2n) is 10.2. The number of aryl methyl sites for hydroxylation is 1. The first-order chi connectivity index (χ1) is 16.8. The lowest BCUT2D eigenvalue weighted by Crippen LogP contribution is -2.51. The lowest BCUT2D eigenvalue weighted by Gasteiger charge is -2.39. The second kappa shape index (κ2) is 11.7. The Hall–Kier alpha value is -2.52. The molecule has 9 heteroatoms. The zero-order valence-corrected chi connectivity index (χ0v) is 22.6. The van der Waals surface area contributed by atoms with Crippen LogP contribution in [0.5, 0.6) is 0 Å². The van der Waals surface area contributed by atoms with E-state index in [1.807, 2.05) is 18.2 Å². The highest BCUT2D eigenvalue weighted by atomic mass is 79.9. The number of hydrogen-bond acceptors (Lipinski definition) is 4. The molecule has 36 heavy (non-hydrogen) atoms. The molecule has 6 nitrogen and oxygen atoms in total. The van der Waals surface area contributed by atoms with Gasteiger partial charge in [-0.15, -0.1) is 0 Å². The van der Waals surface area contributed by atoms with Gasteiger partial charge in [0.2, 0.25) is 5.91 Å². The van der Waals surface area contributed by atoms with E-state index in [4.69, 9.17) is 4.74 Å². The van der Waals surface area contributed by atoms with Gasteiger partial charge >= 0.3 is 6.09 Å². The molecule has 0 fully saturated rings. The molecule has 0 aromatic heterocycles. The number of ether oxygens (including phenoxy) is 1. The zero-order valence-electron chi connectivity index (χ0n) is 21.0. The van der Waals surface area contributed by atoms with E-state index in [2.05, 4.69) is 21.2 Å². The van der Waals surface area contributed by atoms with Crippen molar-refractivity contribution >= 4 is 27.9 Å². The Kier molecular flexibility index (Phi) is 9.11. The molecule has 0 unspecified atom stereocenters. The monoisotopic (exact) mass is 566 g/mol. The number of aliphatic hydroxyl groups excluding tert-OH is 1. The van der Waals surface area contributed by atoms with Crippen LogP contribution in [-0.4, -0.2) is 46.3 Å². The summed E-state index contributed by atoms with van der Waals surface area (Å²) in [5.74, 6) is -1.91. The Labute approximate surface area is 219 Å². The van der Waals surface area contributed by atoms with Crippen molar-refractivity contribution in [2.24, 2.45) is 0 Å². The van der Waals surface area contributed by atoms with Crippen LogP contribution in [0.1, 0.15) is 63.3 Å². The van der Waals surface area contributed by atoms with E-state index >= 15 is 0 Å². The van der Waals surface area contributed by atoms with Crippen LogP contribution in [0, 0.1) is 11.6 Å². The number of hydrogen-bond donors (Lipinski definition) is 2. The molecule has 3 atom stereocenters. The molecular weight excluding hydrogens is 534 g/mol. The minimum Gasteiger partial charge on any atom is -0.444 e. The summed E-state index contributed by atoms with van der Waals surface area (Å²) in [7, 11) is 0. The van der Waals surface area contributed by atoms with Crippen molar-refractivity contribution in [3.05, 3.63) is 69.2 Å². The normalized spacial score (nSPS) is 17.1.